The van der Waals surface area contributed by atoms with Gasteiger partial charge in [-0.3, -0.25) is 0 Å². The number of hydrogen-bond acceptors (Lipinski definition) is 1. The van der Waals surface area contributed by atoms with Gasteiger partial charge in [-0.25, -0.2) is 0 Å². The van der Waals surface area contributed by atoms with Crippen LogP contribution in [0.4, 0.5) is 0 Å². The number of rotatable bonds is 5. The Kier molecular flexibility index (Phi) is 6.74. The van der Waals surface area contributed by atoms with Crippen molar-refractivity contribution in [1.29, 1.82) is 0 Å². The van der Waals surface area contributed by atoms with Crippen LogP contribution in [0, 0.1) is 0 Å². The molecule has 0 bridgehead atoms. The molecule has 15 heavy (non-hydrogen) atoms. The Hall–Kier alpha value is -0.300. The Morgan fingerprint density at radius 2 is 2.00 bits per heavy atom. The minimum absolute atomic E-state index is 0.356. The molecule has 0 fully saturated rings. The van der Waals surface area contributed by atoms with Gasteiger partial charge >= 0.3 is 0 Å². The zero-order chi connectivity index (χ0) is 10.9. The molecule has 0 aromatic rings. The molecule has 88 valence electrons. The topological polar surface area (TPSA) is 26.0 Å². The molecule has 0 aliphatic heterocycles. The van der Waals surface area contributed by atoms with Crippen LogP contribution in [-0.2, 0) is 0 Å². The lowest BCUT2D eigenvalue weighted by Crippen LogP contribution is -2.23. The SMILES string of the molecule is CCCCCC(N)C1=CCCCCCC1. The van der Waals surface area contributed by atoms with Gasteiger partial charge in [-0.05, 0) is 32.1 Å². The molecule has 1 rings (SSSR count). The second kappa shape index (κ2) is 7.92. The van der Waals surface area contributed by atoms with Crippen molar-refractivity contribution in [2.75, 3.05) is 0 Å². The fourth-order valence-electron chi connectivity index (χ4n) is 2.35. The van der Waals surface area contributed by atoms with Crippen molar-refractivity contribution in [2.45, 2.75) is 77.2 Å². The van der Waals surface area contributed by atoms with Crippen molar-refractivity contribution in [2.24, 2.45) is 5.73 Å². The van der Waals surface area contributed by atoms with E-state index in [-0.39, 0.29) is 0 Å². The molecule has 2 N–H and O–H groups in total. The number of unbranched alkanes of at least 4 members (excludes halogenated alkanes) is 2. The van der Waals surface area contributed by atoms with Crippen LogP contribution in [0.15, 0.2) is 11.6 Å². The summed E-state index contributed by atoms with van der Waals surface area (Å²) in [5, 5.41) is 0. The minimum atomic E-state index is 0.356. The van der Waals surface area contributed by atoms with Crippen molar-refractivity contribution in [3.05, 3.63) is 11.6 Å². The lowest BCUT2D eigenvalue weighted by molar-refractivity contribution is 0.558. The number of allylic oxidation sites excluding steroid dienone is 1. The number of nitrogens with two attached hydrogens (primary N) is 1. The molecule has 1 heteroatoms. The predicted molar refractivity (Wildman–Crippen MR) is 67.9 cm³/mol. The summed E-state index contributed by atoms with van der Waals surface area (Å²) in [6.07, 6.45) is 15.6. The summed E-state index contributed by atoms with van der Waals surface area (Å²) in [5.41, 5.74) is 7.79. The van der Waals surface area contributed by atoms with Crippen LogP contribution in [-0.4, -0.2) is 6.04 Å². The summed E-state index contributed by atoms with van der Waals surface area (Å²) in [5.74, 6) is 0. The van der Waals surface area contributed by atoms with Crippen LogP contribution in [0.25, 0.3) is 0 Å². The molecule has 1 unspecified atom stereocenters. The molecule has 0 saturated heterocycles. The fourth-order valence-corrected chi connectivity index (χ4v) is 2.35. The van der Waals surface area contributed by atoms with Gasteiger partial charge in [0.2, 0.25) is 0 Å². The first-order chi connectivity index (χ1) is 7.34. The van der Waals surface area contributed by atoms with Crippen molar-refractivity contribution >= 4 is 0 Å². The Labute approximate surface area is 95.1 Å². The van der Waals surface area contributed by atoms with E-state index in [2.05, 4.69) is 13.0 Å². The standard InChI is InChI=1S/C14H27N/c1-2-3-7-12-14(15)13-10-8-5-4-6-9-11-13/h10,14H,2-9,11-12,15H2,1H3. The van der Waals surface area contributed by atoms with Crippen molar-refractivity contribution < 1.29 is 0 Å². The highest BCUT2D eigenvalue weighted by Crippen LogP contribution is 2.21. The second-order valence-electron chi connectivity index (χ2n) is 4.83. The largest absolute Gasteiger partial charge is 0.324 e. The molecule has 1 aliphatic rings. The summed E-state index contributed by atoms with van der Waals surface area (Å²) in [7, 11) is 0. The molecule has 0 aromatic heterocycles. The molecule has 0 radical (unpaired) electrons. The monoisotopic (exact) mass is 209 g/mol. The smallest absolute Gasteiger partial charge is 0.0253 e. The Bertz CT molecular complexity index is 184. The predicted octanol–water partition coefficient (Wildman–Crippen LogP) is 4.17. The first kappa shape index (κ1) is 12.8. The summed E-state index contributed by atoms with van der Waals surface area (Å²) >= 11 is 0. The maximum Gasteiger partial charge on any atom is 0.0253 e. The average molecular weight is 209 g/mol. The lowest BCUT2D eigenvalue weighted by Gasteiger charge is -2.18. The van der Waals surface area contributed by atoms with Crippen LogP contribution in [0.3, 0.4) is 0 Å². The van der Waals surface area contributed by atoms with Gasteiger partial charge in [-0.1, -0.05) is 50.7 Å². The van der Waals surface area contributed by atoms with Crippen LogP contribution >= 0.6 is 0 Å². The van der Waals surface area contributed by atoms with E-state index in [1.165, 1.54) is 64.2 Å². The van der Waals surface area contributed by atoms with Gasteiger partial charge in [0.25, 0.3) is 0 Å². The highest BCUT2D eigenvalue weighted by atomic mass is 14.6. The summed E-state index contributed by atoms with van der Waals surface area (Å²) in [4.78, 5) is 0. The van der Waals surface area contributed by atoms with Crippen LogP contribution in [0.5, 0.6) is 0 Å². The normalized spacial score (nSPS) is 20.3. The minimum Gasteiger partial charge on any atom is -0.324 e. The summed E-state index contributed by atoms with van der Waals surface area (Å²) in [6, 6.07) is 0.356. The van der Waals surface area contributed by atoms with Gasteiger partial charge in [-0.2, -0.15) is 0 Å². The third kappa shape index (κ3) is 5.36. The highest BCUT2D eigenvalue weighted by molar-refractivity contribution is 5.10. The molecule has 0 amide bonds. The van der Waals surface area contributed by atoms with Crippen molar-refractivity contribution in [1.82, 2.24) is 0 Å². The third-order valence-corrected chi connectivity index (χ3v) is 3.42. The quantitative estimate of drug-likeness (QED) is 0.533. The van der Waals surface area contributed by atoms with E-state index in [4.69, 9.17) is 5.73 Å². The van der Waals surface area contributed by atoms with Crippen molar-refractivity contribution in [3.8, 4) is 0 Å². The van der Waals surface area contributed by atoms with E-state index in [1.54, 1.807) is 5.57 Å². The van der Waals surface area contributed by atoms with Crippen LogP contribution in [0.2, 0.25) is 0 Å². The van der Waals surface area contributed by atoms with Crippen molar-refractivity contribution in [3.63, 3.8) is 0 Å². The van der Waals surface area contributed by atoms with E-state index < -0.39 is 0 Å². The molecule has 0 aromatic carbocycles. The van der Waals surface area contributed by atoms with Gasteiger partial charge < -0.3 is 5.73 Å². The maximum absolute atomic E-state index is 6.24. The molecule has 0 saturated carbocycles. The van der Waals surface area contributed by atoms with E-state index in [1.807, 2.05) is 0 Å². The van der Waals surface area contributed by atoms with Crippen LogP contribution < -0.4 is 5.73 Å². The highest BCUT2D eigenvalue weighted by Gasteiger charge is 2.09. The molecular weight excluding hydrogens is 182 g/mol. The molecule has 1 aliphatic carbocycles. The molecular formula is C14H27N. The zero-order valence-electron chi connectivity index (χ0n) is 10.3. The summed E-state index contributed by atoms with van der Waals surface area (Å²) < 4.78 is 0. The van der Waals surface area contributed by atoms with E-state index in [0.29, 0.717) is 6.04 Å². The number of hydrogen-bond donors (Lipinski definition) is 1. The van der Waals surface area contributed by atoms with E-state index in [0.717, 1.165) is 0 Å². The first-order valence-electron chi connectivity index (χ1n) is 6.79. The molecule has 1 atom stereocenters. The molecule has 0 spiro atoms. The van der Waals surface area contributed by atoms with Gasteiger partial charge in [-0.15, -0.1) is 0 Å². The lowest BCUT2D eigenvalue weighted by atomic mass is 9.92. The first-order valence-corrected chi connectivity index (χ1v) is 6.79. The maximum atomic E-state index is 6.24. The van der Waals surface area contributed by atoms with Gasteiger partial charge in [0, 0.05) is 6.04 Å². The van der Waals surface area contributed by atoms with Gasteiger partial charge in [0.15, 0.2) is 0 Å². The molecule has 1 nitrogen and oxygen atoms in total. The third-order valence-electron chi connectivity index (χ3n) is 3.42. The average Bonchev–Trinajstić information content (AvgIpc) is 2.17. The Morgan fingerprint density at radius 1 is 1.20 bits per heavy atom. The van der Waals surface area contributed by atoms with E-state index >= 15 is 0 Å². The second-order valence-corrected chi connectivity index (χ2v) is 4.83. The summed E-state index contributed by atoms with van der Waals surface area (Å²) in [6.45, 7) is 2.25. The van der Waals surface area contributed by atoms with Gasteiger partial charge in [0.1, 0.15) is 0 Å². The zero-order valence-corrected chi connectivity index (χ0v) is 10.3. The van der Waals surface area contributed by atoms with Crippen LogP contribution in [0.1, 0.15) is 71.1 Å². The molecule has 0 heterocycles. The Morgan fingerprint density at radius 3 is 2.80 bits per heavy atom. The fraction of sp³-hybridized carbons (Fsp3) is 0.857. The van der Waals surface area contributed by atoms with E-state index in [9.17, 15) is 0 Å². The Balaban J connectivity index is 2.30. The van der Waals surface area contributed by atoms with Gasteiger partial charge in [0.05, 0.1) is 0 Å².